The molecule has 3 aliphatic rings. The Morgan fingerprint density at radius 3 is 2.52 bits per heavy atom. The molecule has 0 unspecified atom stereocenters. The van der Waals surface area contributed by atoms with E-state index in [9.17, 15) is 26.4 Å². The number of nitrogens with zero attached hydrogens (tertiary/aromatic N) is 3. The van der Waals surface area contributed by atoms with Gasteiger partial charge in [-0.25, -0.2) is 21.6 Å². The van der Waals surface area contributed by atoms with Crippen LogP contribution in [0.5, 0.6) is 0 Å². The van der Waals surface area contributed by atoms with Crippen LogP contribution in [0.4, 0.5) is 13.2 Å². The minimum absolute atomic E-state index is 0.0168. The van der Waals surface area contributed by atoms with Gasteiger partial charge in [0.15, 0.2) is 6.04 Å². The van der Waals surface area contributed by atoms with Crippen LogP contribution in [0, 0.1) is 11.2 Å². The van der Waals surface area contributed by atoms with Crippen LogP contribution in [-0.2, 0) is 21.4 Å². The highest BCUT2D eigenvalue weighted by Crippen LogP contribution is 2.56. The molecule has 2 aliphatic heterocycles. The Morgan fingerprint density at radius 2 is 1.88 bits per heavy atom. The number of nitrogens with one attached hydrogen (secondary N) is 1. The van der Waals surface area contributed by atoms with Crippen molar-refractivity contribution in [2.75, 3.05) is 19.6 Å². The van der Waals surface area contributed by atoms with E-state index < -0.39 is 38.8 Å². The van der Waals surface area contributed by atoms with Crippen LogP contribution >= 0.6 is 11.6 Å². The van der Waals surface area contributed by atoms with Crippen molar-refractivity contribution in [2.24, 2.45) is 10.4 Å². The molecule has 12 heteroatoms. The molecule has 1 aliphatic carbocycles. The van der Waals surface area contributed by atoms with Crippen molar-refractivity contribution < 1.29 is 26.4 Å². The molecule has 1 saturated carbocycles. The first-order chi connectivity index (χ1) is 19.6. The van der Waals surface area contributed by atoms with Gasteiger partial charge < -0.3 is 10.2 Å². The summed E-state index contributed by atoms with van der Waals surface area (Å²) in [6.45, 7) is 8.43. The van der Waals surface area contributed by atoms with Gasteiger partial charge in [0.05, 0.1) is 15.5 Å². The molecule has 7 nitrogen and oxygen atoms in total. The number of likely N-dealkylation sites (tertiary alicyclic amines) is 1. The monoisotopic (exact) mass is 622 g/mol. The minimum atomic E-state index is -3.95. The number of benzene rings is 2. The van der Waals surface area contributed by atoms with Gasteiger partial charge in [0.25, 0.3) is 0 Å². The number of amides is 1. The van der Waals surface area contributed by atoms with Gasteiger partial charge in [-0.15, -0.1) is 0 Å². The molecule has 1 spiro atoms. The number of carbonyl (C=O) groups is 1. The Hall–Kier alpha value is -2.89. The number of hydrogen-bond acceptors (Lipinski definition) is 5. The summed E-state index contributed by atoms with van der Waals surface area (Å²) < 4.78 is 69.7. The summed E-state index contributed by atoms with van der Waals surface area (Å²) in [5.74, 6) is -3.12. The van der Waals surface area contributed by atoms with Crippen LogP contribution in [0.25, 0.3) is 0 Å². The first kappa shape index (κ1) is 30.6. The van der Waals surface area contributed by atoms with E-state index in [4.69, 9.17) is 11.6 Å². The Bertz CT molecular complexity index is 1520. The van der Waals surface area contributed by atoms with E-state index in [-0.39, 0.29) is 48.2 Å². The van der Waals surface area contributed by atoms with Crippen molar-refractivity contribution in [3.8, 4) is 0 Å². The zero-order valence-electron chi connectivity index (χ0n) is 23.5. The maximum atomic E-state index is 14.2. The van der Waals surface area contributed by atoms with Crippen LogP contribution in [0.1, 0.15) is 45.1 Å². The van der Waals surface area contributed by atoms with Gasteiger partial charge in [-0.05, 0) is 62.1 Å². The number of sulfonamides is 1. The summed E-state index contributed by atoms with van der Waals surface area (Å²) in [4.78, 5) is 19.8. The lowest BCUT2D eigenvalue weighted by Crippen LogP contribution is -2.53. The van der Waals surface area contributed by atoms with E-state index in [1.807, 2.05) is 13.8 Å². The normalized spacial score (nSPS) is 22.1. The second-order valence-electron chi connectivity index (χ2n) is 12.2. The Kier molecular flexibility index (Phi) is 8.00. The number of hydrogen-bond donors (Lipinski definition) is 1. The molecular weight excluding hydrogens is 589 g/mol. The fourth-order valence-electron chi connectivity index (χ4n) is 6.12. The topological polar surface area (TPSA) is 82.1 Å². The van der Waals surface area contributed by atoms with E-state index in [0.717, 1.165) is 0 Å². The second kappa shape index (κ2) is 11.0. The Morgan fingerprint density at radius 1 is 1.19 bits per heavy atom. The highest BCUT2D eigenvalue weighted by Gasteiger charge is 2.60. The Balaban J connectivity index is 1.30. The van der Waals surface area contributed by atoms with Crippen molar-refractivity contribution >= 4 is 33.4 Å². The zero-order valence-corrected chi connectivity index (χ0v) is 25.1. The van der Waals surface area contributed by atoms with Crippen LogP contribution in [0.3, 0.4) is 0 Å². The molecule has 2 aromatic rings. The van der Waals surface area contributed by atoms with Crippen LogP contribution in [0.2, 0.25) is 5.02 Å². The third kappa shape index (κ3) is 6.09. The van der Waals surface area contributed by atoms with E-state index in [0.29, 0.717) is 36.5 Å². The van der Waals surface area contributed by atoms with Gasteiger partial charge in [0, 0.05) is 44.4 Å². The molecule has 226 valence electrons. The van der Waals surface area contributed by atoms with Crippen molar-refractivity contribution in [1.82, 2.24) is 14.5 Å². The van der Waals surface area contributed by atoms with Crippen molar-refractivity contribution in [3.05, 3.63) is 77.1 Å². The minimum Gasteiger partial charge on any atom is -0.363 e. The van der Waals surface area contributed by atoms with E-state index in [1.54, 1.807) is 29.2 Å². The maximum absolute atomic E-state index is 14.2. The lowest BCUT2D eigenvalue weighted by Gasteiger charge is -2.44. The van der Waals surface area contributed by atoms with Crippen LogP contribution < -0.4 is 5.32 Å². The highest BCUT2D eigenvalue weighted by molar-refractivity contribution is 7.89. The van der Waals surface area contributed by atoms with Crippen molar-refractivity contribution in [1.29, 1.82) is 0 Å². The molecule has 0 radical (unpaired) electrons. The van der Waals surface area contributed by atoms with Crippen LogP contribution in [0.15, 0.2) is 70.6 Å². The zero-order chi connectivity index (χ0) is 30.5. The summed E-state index contributed by atoms with van der Waals surface area (Å²) in [5.41, 5.74) is -0.333. The molecule has 2 aromatic carbocycles. The average molecular weight is 623 g/mol. The third-order valence-electron chi connectivity index (χ3n) is 8.36. The lowest BCUT2D eigenvalue weighted by molar-refractivity contribution is -0.159. The van der Waals surface area contributed by atoms with Gasteiger partial charge in [0.1, 0.15) is 11.7 Å². The van der Waals surface area contributed by atoms with Crippen LogP contribution in [-0.4, -0.2) is 66.5 Å². The number of carbonyl (C=O) groups excluding carboxylic acids is 1. The summed E-state index contributed by atoms with van der Waals surface area (Å²) in [7, 11) is -3.95. The molecule has 1 amide bonds. The summed E-state index contributed by atoms with van der Waals surface area (Å²) in [6.07, 6.45) is 0.368. The first-order valence-electron chi connectivity index (χ1n) is 13.8. The standard InChI is InChI=1S/C30H34ClF3N4O3S/c1-20(26-35-25(28(2,3)36-26)27(39)37-14-12-29(19-37)17-30(33,34)18-29)11-13-38(16-21-9-10-23(31)24(32)15-21)42(40,41)22-7-5-4-6-8-22/h4-10,15,25H,1,11-14,16-19H2,2-3H3,(H,35,36)/t25-/m0/s1. The molecule has 2 fully saturated rings. The van der Waals surface area contributed by atoms with Gasteiger partial charge in [0.2, 0.25) is 21.9 Å². The fraction of sp³-hybridized carbons (Fsp3) is 0.467. The highest BCUT2D eigenvalue weighted by atomic mass is 35.5. The SMILES string of the molecule is C=C(CCN(Cc1ccc(Cl)c(F)c1)S(=O)(=O)c1ccccc1)C1=N[C@@H](C(=O)N2CCC3(C2)CC(F)(F)C3)C(C)(C)N1. The molecule has 2 heterocycles. The molecular formula is C30H34ClF3N4O3S. The lowest BCUT2D eigenvalue weighted by atomic mass is 9.65. The second-order valence-corrected chi connectivity index (χ2v) is 14.5. The summed E-state index contributed by atoms with van der Waals surface area (Å²) in [6, 6.07) is 11.3. The predicted octanol–water partition coefficient (Wildman–Crippen LogP) is 5.41. The summed E-state index contributed by atoms with van der Waals surface area (Å²) in [5, 5.41) is 3.20. The molecule has 42 heavy (non-hydrogen) atoms. The van der Waals surface area contributed by atoms with Gasteiger partial charge in [-0.2, -0.15) is 4.31 Å². The number of rotatable bonds is 9. The maximum Gasteiger partial charge on any atom is 0.249 e. The first-order valence-corrected chi connectivity index (χ1v) is 15.6. The molecule has 1 N–H and O–H groups in total. The number of alkyl halides is 2. The average Bonchev–Trinajstić information content (AvgIpc) is 3.48. The van der Waals surface area contributed by atoms with Gasteiger partial charge in [-0.1, -0.05) is 42.4 Å². The smallest absolute Gasteiger partial charge is 0.249 e. The van der Waals surface area contributed by atoms with Gasteiger partial charge >= 0.3 is 0 Å². The Labute approximate surface area is 249 Å². The van der Waals surface area contributed by atoms with E-state index >= 15 is 0 Å². The quantitative estimate of drug-likeness (QED) is 0.405. The molecule has 0 aromatic heterocycles. The molecule has 1 atom stereocenters. The van der Waals surface area contributed by atoms with E-state index in [1.165, 1.54) is 28.6 Å². The molecule has 5 rings (SSSR count). The number of amidine groups is 1. The molecule has 1 saturated heterocycles. The largest absolute Gasteiger partial charge is 0.363 e. The van der Waals surface area contributed by atoms with E-state index in [2.05, 4.69) is 16.9 Å². The fourth-order valence-corrected chi connectivity index (χ4v) is 7.68. The summed E-state index contributed by atoms with van der Waals surface area (Å²) >= 11 is 5.82. The number of aliphatic imine (C=N–C) groups is 1. The van der Waals surface area contributed by atoms with Crippen molar-refractivity contribution in [2.45, 2.75) is 68.5 Å². The third-order valence-corrected chi connectivity index (χ3v) is 10.5. The van der Waals surface area contributed by atoms with Gasteiger partial charge in [-0.3, -0.25) is 9.79 Å². The molecule has 0 bridgehead atoms. The number of halogens is 4. The predicted molar refractivity (Wildman–Crippen MR) is 155 cm³/mol. The van der Waals surface area contributed by atoms with Crippen molar-refractivity contribution in [3.63, 3.8) is 0 Å².